The fourth-order valence-corrected chi connectivity index (χ4v) is 5.09. The molecular formula is C19H27ClN2O. The molecule has 0 aliphatic heterocycles. The van der Waals surface area contributed by atoms with Crippen molar-refractivity contribution in [3.8, 4) is 0 Å². The molecule has 3 aliphatic carbocycles. The predicted molar refractivity (Wildman–Crippen MR) is 95.0 cm³/mol. The van der Waals surface area contributed by atoms with E-state index in [1.807, 2.05) is 12.1 Å². The largest absolute Gasteiger partial charge is 0.349 e. The summed E-state index contributed by atoms with van der Waals surface area (Å²) in [7, 11) is 0. The summed E-state index contributed by atoms with van der Waals surface area (Å²) < 4.78 is 0. The first-order valence-electron chi connectivity index (χ1n) is 8.89. The molecule has 0 heterocycles. The van der Waals surface area contributed by atoms with Crippen LogP contribution in [-0.2, 0) is 12.8 Å². The van der Waals surface area contributed by atoms with Crippen molar-refractivity contribution in [3.05, 3.63) is 34.9 Å². The zero-order valence-electron chi connectivity index (χ0n) is 13.6. The number of nitrogens with two attached hydrogens (primary N) is 1. The highest BCUT2D eigenvalue weighted by Crippen LogP contribution is 2.40. The summed E-state index contributed by atoms with van der Waals surface area (Å²) in [5.74, 6) is 1.32. The summed E-state index contributed by atoms with van der Waals surface area (Å²) >= 11 is 0. The Hall–Kier alpha value is -1.06. The predicted octanol–water partition coefficient (Wildman–Crippen LogP) is 3.23. The molecule has 3 nitrogen and oxygen atoms in total. The summed E-state index contributed by atoms with van der Waals surface area (Å²) in [6.45, 7) is 0. The van der Waals surface area contributed by atoms with Crippen molar-refractivity contribution in [2.24, 2.45) is 17.6 Å². The van der Waals surface area contributed by atoms with Gasteiger partial charge in [0, 0.05) is 17.6 Å². The van der Waals surface area contributed by atoms with Gasteiger partial charge in [-0.05, 0) is 74.0 Å². The van der Waals surface area contributed by atoms with Crippen molar-refractivity contribution in [1.82, 2.24) is 5.32 Å². The second kappa shape index (κ2) is 6.82. The molecular weight excluding hydrogens is 308 g/mol. The number of rotatable bonds is 2. The van der Waals surface area contributed by atoms with Crippen LogP contribution in [0, 0.1) is 11.8 Å². The molecule has 4 rings (SSSR count). The Morgan fingerprint density at radius 2 is 1.83 bits per heavy atom. The molecule has 2 fully saturated rings. The minimum Gasteiger partial charge on any atom is -0.349 e. The SMILES string of the molecule is Cl.NC1CC2CCCC(C1)C2NC(=O)c1cccc2c1CCC2. The van der Waals surface area contributed by atoms with E-state index in [9.17, 15) is 4.79 Å². The Morgan fingerprint density at radius 3 is 2.57 bits per heavy atom. The van der Waals surface area contributed by atoms with E-state index in [1.165, 1.54) is 36.8 Å². The molecule has 0 radical (unpaired) electrons. The summed E-state index contributed by atoms with van der Waals surface area (Å²) in [6.07, 6.45) is 9.27. The Morgan fingerprint density at radius 1 is 1.09 bits per heavy atom. The Bertz CT molecular complexity index is 575. The lowest BCUT2D eigenvalue weighted by molar-refractivity contribution is 0.0755. The van der Waals surface area contributed by atoms with Crippen LogP contribution in [0.4, 0.5) is 0 Å². The van der Waals surface area contributed by atoms with Gasteiger partial charge < -0.3 is 11.1 Å². The topological polar surface area (TPSA) is 55.1 Å². The van der Waals surface area contributed by atoms with Crippen LogP contribution in [0.3, 0.4) is 0 Å². The Labute approximate surface area is 144 Å². The second-order valence-electron chi connectivity index (χ2n) is 7.48. The number of benzene rings is 1. The molecule has 2 saturated carbocycles. The number of carbonyl (C=O) groups excluding carboxylic acids is 1. The molecule has 3 N–H and O–H groups in total. The fraction of sp³-hybridized carbons (Fsp3) is 0.632. The van der Waals surface area contributed by atoms with Gasteiger partial charge in [-0.3, -0.25) is 4.79 Å². The van der Waals surface area contributed by atoms with E-state index >= 15 is 0 Å². The van der Waals surface area contributed by atoms with Crippen molar-refractivity contribution < 1.29 is 4.79 Å². The van der Waals surface area contributed by atoms with Crippen LogP contribution in [0.5, 0.6) is 0 Å². The van der Waals surface area contributed by atoms with E-state index in [0.717, 1.165) is 31.2 Å². The van der Waals surface area contributed by atoms with Gasteiger partial charge in [0.2, 0.25) is 0 Å². The van der Waals surface area contributed by atoms with E-state index in [4.69, 9.17) is 5.73 Å². The van der Waals surface area contributed by atoms with Gasteiger partial charge in [0.25, 0.3) is 5.91 Å². The quantitative estimate of drug-likeness (QED) is 0.872. The average Bonchev–Trinajstić information content (AvgIpc) is 2.96. The third-order valence-corrected chi connectivity index (χ3v) is 6.06. The summed E-state index contributed by atoms with van der Waals surface area (Å²) in [5, 5.41) is 3.39. The van der Waals surface area contributed by atoms with Crippen molar-refractivity contribution in [3.63, 3.8) is 0 Å². The molecule has 1 aromatic carbocycles. The van der Waals surface area contributed by atoms with Gasteiger partial charge in [-0.1, -0.05) is 18.6 Å². The van der Waals surface area contributed by atoms with Crippen LogP contribution in [0.2, 0.25) is 0 Å². The summed E-state index contributed by atoms with van der Waals surface area (Å²) in [5.41, 5.74) is 9.77. The smallest absolute Gasteiger partial charge is 0.251 e. The first kappa shape index (κ1) is 16.8. The first-order chi connectivity index (χ1) is 10.7. The maximum atomic E-state index is 12.8. The molecule has 0 spiro atoms. The van der Waals surface area contributed by atoms with Gasteiger partial charge in [-0.25, -0.2) is 0 Å². The number of aryl methyl sites for hydroxylation is 1. The third kappa shape index (κ3) is 3.14. The van der Waals surface area contributed by atoms with E-state index in [1.54, 1.807) is 0 Å². The minimum atomic E-state index is 0. The molecule has 1 amide bonds. The monoisotopic (exact) mass is 334 g/mol. The Kier molecular flexibility index (Phi) is 4.98. The van der Waals surface area contributed by atoms with Gasteiger partial charge in [0.15, 0.2) is 0 Å². The van der Waals surface area contributed by atoms with Gasteiger partial charge in [0.1, 0.15) is 0 Å². The number of carbonyl (C=O) groups is 1. The van der Waals surface area contributed by atoms with Gasteiger partial charge in [-0.2, -0.15) is 0 Å². The number of nitrogens with one attached hydrogen (secondary N) is 1. The standard InChI is InChI=1S/C19H26N2O.ClH/c20-15-10-13-6-1-7-14(11-15)18(13)21-19(22)17-9-3-5-12-4-2-8-16(12)17;/h3,5,9,13-15,18H,1-2,4,6-8,10-11,20H2,(H,21,22);1H. The van der Waals surface area contributed by atoms with Crippen molar-refractivity contribution >= 4 is 18.3 Å². The molecule has 2 atom stereocenters. The third-order valence-electron chi connectivity index (χ3n) is 6.06. The van der Waals surface area contributed by atoms with Crippen LogP contribution in [0.1, 0.15) is 60.0 Å². The maximum Gasteiger partial charge on any atom is 0.251 e. The number of halogens is 1. The average molecular weight is 335 g/mol. The van der Waals surface area contributed by atoms with Crippen LogP contribution < -0.4 is 11.1 Å². The molecule has 3 aliphatic rings. The van der Waals surface area contributed by atoms with Crippen LogP contribution in [-0.4, -0.2) is 18.0 Å². The number of hydrogen-bond acceptors (Lipinski definition) is 2. The van der Waals surface area contributed by atoms with Gasteiger partial charge in [-0.15, -0.1) is 12.4 Å². The summed E-state index contributed by atoms with van der Waals surface area (Å²) in [6, 6.07) is 6.90. The molecule has 1 aromatic rings. The lowest BCUT2D eigenvalue weighted by atomic mass is 9.67. The highest BCUT2D eigenvalue weighted by Gasteiger charge is 2.40. The maximum absolute atomic E-state index is 12.8. The number of amides is 1. The van der Waals surface area contributed by atoms with Crippen LogP contribution >= 0.6 is 12.4 Å². The van der Waals surface area contributed by atoms with Crippen molar-refractivity contribution in [2.45, 2.75) is 63.5 Å². The number of fused-ring (bicyclic) bond motifs is 3. The Balaban J connectivity index is 0.00000156. The first-order valence-corrected chi connectivity index (χ1v) is 8.89. The number of hydrogen-bond donors (Lipinski definition) is 2. The highest BCUT2D eigenvalue weighted by atomic mass is 35.5. The van der Waals surface area contributed by atoms with Crippen molar-refractivity contribution in [2.75, 3.05) is 0 Å². The van der Waals surface area contributed by atoms with Gasteiger partial charge in [0.05, 0.1) is 0 Å². The second-order valence-corrected chi connectivity index (χ2v) is 7.48. The van der Waals surface area contributed by atoms with Gasteiger partial charge >= 0.3 is 0 Å². The van der Waals surface area contributed by atoms with E-state index in [0.29, 0.717) is 23.9 Å². The lowest BCUT2D eigenvalue weighted by Crippen LogP contribution is -2.53. The van der Waals surface area contributed by atoms with E-state index in [-0.39, 0.29) is 18.3 Å². The van der Waals surface area contributed by atoms with Crippen LogP contribution in [0.25, 0.3) is 0 Å². The molecule has 23 heavy (non-hydrogen) atoms. The normalized spacial score (nSPS) is 31.9. The van der Waals surface area contributed by atoms with Crippen molar-refractivity contribution in [1.29, 1.82) is 0 Å². The van der Waals surface area contributed by atoms with E-state index in [2.05, 4.69) is 11.4 Å². The molecule has 0 aromatic heterocycles. The van der Waals surface area contributed by atoms with Crippen LogP contribution in [0.15, 0.2) is 18.2 Å². The fourth-order valence-electron chi connectivity index (χ4n) is 5.09. The minimum absolute atomic E-state index is 0. The molecule has 0 saturated heterocycles. The lowest BCUT2D eigenvalue weighted by Gasteiger charge is -2.45. The molecule has 4 heteroatoms. The summed E-state index contributed by atoms with van der Waals surface area (Å²) in [4.78, 5) is 12.8. The zero-order valence-corrected chi connectivity index (χ0v) is 14.4. The van der Waals surface area contributed by atoms with E-state index < -0.39 is 0 Å². The molecule has 126 valence electrons. The highest BCUT2D eigenvalue weighted by molar-refractivity contribution is 5.96. The molecule has 2 unspecified atom stereocenters. The molecule has 2 bridgehead atoms. The zero-order chi connectivity index (χ0) is 15.1.